The highest BCUT2D eigenvalue weighted by atomic mass is 35.5. The lowest BCUT2D eigenvalue weighted by molar-refractivity contribution is 0.689. The minimum absolute atomic E-state index is 0.633. The summed E-state index contributed by atoms with van der Waals surface area (Å²) in [5, 5.41) is 5.50. The number of benzene rings is 2. The summed E-state index contributed by atoms with van der Waals surface area (Å²) in [6.45, 7) is 0.835. The number of hydrogen-bond acceptors (Lipinski definition) is 1. The fourth-order valence-corrected chi connectivity index (χ4v) is 2.92. The molecular weight excluding hydrogens is 313 g/mol. The van der Waals surface area contributed by atoms with E-state index in [0.717, 1.165) is 17.7 Å². The average Bonchev–Trinajstić information content (AvgIpc) is 3.20. The highest BCUT2D eigenvalue weighted by Gasteiger charge is 2.20. The third-order valence-electron chi connectivity index (χ3n) is 3.40. The Labute approximate surface area is 133 Å². The van der Waals surface area contributed by atoms with E-state index in [-0.39, 0.29) is 0 Å². The molecule has 1 aliphatic rings. The van der Waals surface area contributed by atoms with Crippen molar-refractivity contribution < 1.29 is 0 Å². The van der Waals surface area contributed by atoms with E-state index in [1.54, 1.807) is 6.07 Å². The lowest BCUT2D eigenvalue weighted by atomic mass is 9.99. The van der Waals surface area contributed by atoms with Gasteiger partial charge in [0, 0.05) is 27.7 Å². The first-order chi connectivity index (χ1) is 9.61. The molecule has 104 valence electrons. The predicted molar refractivity (Wildman–Crippen MR) is 86.8 cm³/mol. The van der Waals surface area contributed by atoms with Gasteiger partial charge in [-0.25, -0.2) is 0 Å². The monoisotopic (exact) mass is 325 g/mol. The minimum Gasteiger partial charge on any atom is -0.310 e. The van der Waals surface area contributed by atoms with Gasteiger partial charge in [-0.1, -0.05) is 40.9 Å². The summed E-state index contributed by atoms with van der Waals surface area (Å²) < 4.78 is 0. The topological polar surface area (TPSA) is 12.0 Å². The van der Waals surface area contributed by atoms with Crippen LogP contribution in [-0.2, 0) is 6.54 Å². The standard InChI is InChI=1S/C16H14Cl3N/c17-12-2-1-10(9-20-15-3-4-15)16(8-12)11-5-13(18)7-14(19)6-11/h1-2,5-8,15,20H,3-4,9H2. The van der Waals surface area contributed by atoms with Crippen molar-refractivity contribution in [2.45, 2.75) is 25.4 Å². The predicted octanol–water partition coefficient (Wildman–Crippen LogP) is 5.57. The molecule has 0 spiro atoms. The molecule has 20 heavy (non-hydrogen) atoms. The molecule has 1 nitrogen and oxygen atoms in total. The fourth-order valence-electron chi connectivity index (χ4n) is 2.22. The van der Waals surface area contributed by atoms with Crippen LogP contribution < -0.4 is 5.32 Å². The smallest absolute Gasteiger partial charge is 0.0426 e. The molecule has 1 saturated carbocycles. The van der Waals surface area contributed by atoms with E-state index in [0.29, 0.717) is 21.1 Å². The minimum atomic E-state index is 0.633. The lowest BCUT2D eigenvalue weighted by Gasteiger charge is -2.12. The van der Waals surface area contributed by atoms with Crippen LogP contribution in [0.25, 0.3) is 11.1 Å². The maximum atomic E-state index is 6.13. The number of nitrogens with one attached hydrogen (secondary N) is 1. The zero-order valence-electron chi connectivity index (χ0n) is 10.8. The summed E-state index contributed by atoms with van der Waals surface area (Å²) >= 11 is 18.3. The second-order valence-electron chi connectivity index (χ2n) is 5.11. The van der Waals surface area contributed by atoms with Crippen molar-refractivity contribution in [3.63, 3.8) is 0 Å². The zero-order valence-corrected chi connectivity index (χ0v) is 13.1. The van der Waals surface area contributed by atoms with Crippen LogP contribution in [0.15, 0.2) is 36.4 Å². The Kier molecular flexibility index (Phi) is 4.23. The first-order valence-electron chi connectivity index (χ1n) is 6.60. The highest BCUT2D eigenvalue weighted by molar-refractivity contribution is 6.35. The largest absolute Gasteiger partial charge is 0.310 e. The van der Waals surface area contributed by atoms with Crippen molar-refractivity contribution in [3.8, 4) is 11.1 Å². The van der Waals surface area contributed by atoms with Crippen molar-refractivity contribution in [2.75, 3.05) is 0 Å². The Morgan fingerprint density at radius 3 is 2.25 bits per heavy atom. The molecule has 1 aliphatic carbocycles. The molecule has 0 aliphatic heterocycles. The van der Waals surface area contributed by atoms with Gasteiger partial charge in [-0.05, 0) is 59.9 Å². The summed E-state index contributed by atoms with van der Waals surface area (Å²) in [5.41, 5.74) is 3.28. The van der Waals surface area contributed by atoms with Gasteiger partial charge >= 0.3 is 0 Å². The summed E-state index contributed by atoms with van der Waals surface area (Å²) in [6.07, 6.45) is 2.54. The molecule has 1 fully saturated rings. The van der Waals surface area contributed by atoms with E-state index in [1.807, 2.05) is 24.3 Å². The van der Waals surface area contributed by atoms with Crippen LogP contribution in [0.4, 0.5) is 0 Å². The van der Waals surface area contributed by atoms with Crippen molar-refractivity contribution in [2.24, 2.45) is 0 Å². The van der Waals surface area contributed by atoms with Crippen LogP contribution >= 0.6 is 34.8 Å². The molecule has 0 bridgehead atoms. The summed E-state index contributed by atoms with van der Waals surface area (Å²) in [5.74, 6) is 0. The van der Waals surface area contributed by atoms with Gasteiger partial charge in [0.05, 0.1) is 0 Å². The van der Waals surface area contributed by atoms with E-state index in [4.69, 9.17) is 34.8 Å². The average molecular weight is 327 g/mol. The van der Waals surface area contributed by atoms with Gasteiger partial charge in [-0.2, -0.15) is 0 Å². The van der Waals surface area contributed by atoms with E-state index in [9.17, 15) is 0 Å². The Bertz CT molecular complexity index is 615. The molecule has 0 amide bonds. The maximum absolute atomic E-state index is 6.13. The normalized spacial score (nSPS) is 14.6. The summed E-state index contributed by atoms with van der Waals surface area (Å²) in [4.78, 5) is 0. The first kappa shape index (κ1) is 14.2. The summed E-state index contributed by atoms with van der Waals surface area (Å²) in [7, 11) is 0. The SMILES string of the molecule is Clc1cc(Cl)cc(-c2cc(Cl)ccc2CNC2CC2)c1. The van der Waals surface area contributed by atoms with Gasteiger partial charge in [0.15, 0.2) is 0 Å². The fraction of sp³-hybridized carbons (Fsp3) is 0.250. The Balaban J connectivity index is 1.98. The van der Waals surface area contributed by atoms with Gasteiger partial charge < -0.3 is 5.32 Å². The van der Waals surface area contributed by atoms with Gasteiger partial charge in [0.2, 0.25) is 0 Å². The zero-order chi connectivity index (χ0) is 14.1. The Hall–Kier alpha value is -0.730. The number of halogens is 3. The number of rotatable bonds is 4. The maximum Gasteiger partial charge on any atom is 0.0426 e. The second-order valence-corrected chi connectivity index (χ2v) is 6.42. The van der Waals surface area contributed by atoms with Crippen LogP contribution in [0, 0.1) is 0 Å². The molecule has 0 atom stereocenters. The Morgan fingerprint density at radius 1 is 0.900 bits per heavy atom. The van der Waals surface area contributed by atoms with Gasteiger partial charge in [-0.15, -0.1) is 0 Å². The van der Waals surface area contributed by atoms with Crippen LogP contribution in [0.1, 0.15) is 18.4 Å². The van der Waals surface area contributed by atoms with Crippen LogP contribution in [0.3, 0.4) is 0 Å². The molecule has 2 aromatic carbocycles. The Morgan fingerprint density at radius 2 is 1.60 bits per heavy atom. The van der Waals surface area contributed by atoms with E-state index in [1.165, 1.54) is 18.4 Å². The van der Waals surface area contributed by atoms with Crippen molar-refractivity contribution in [1.29, 1.82) is 0 Å². The molecule has 0 aromatic heterocycles. The molecule has 0 saturated heterocycles. The molecule has 0 unspecified atom stereocenters. The van der Waals surface area contributed by atoms with E-state index >= 15 is 0 Å². The van der Waals surface area contributed by atoms with E-state index < -0.39 is 0 Å². The van der Waals surface area contributed by atoms with Crippen LogP contribution in [-0.4, -0.2) is 6.04 Å². The highest BCUT2D eigenvalue weighted by Crippen LogP contribution is 2.32. The van der Waals surface area contributed by atoms with Gasteiger partial charge in [0.25, 0.3) is 0 Å². The van der Waals surface area contributed by atoms with Crippen molar-refractivity contribution in [1.82, 2.24) is 5.32 Å². The quantitative estimate of drug-likeness (QED) is 0.775. The molecule has 0 heterocycles. The van der Waals surface area contributed by atoms with Crippen molar-refractivity contribution >= 4 is 34.8 Å². The van der Waals surface area contributed by atoms with Crippen LogP contribution in [0.5, 0.6) is 0 Å². The van der Waals surface area contributed by atoms with Crippen molar-refractivity contribution in [3.05, 3.63) is 57.0 Å². The summed E-state index contributed by atoms with van der Waals surface area (Å²) in [6, 6.07) is 12.2. The molecule has 4 heteroatoms. The van der Waals surface area contributed by atoms with Gasteiger partial charge in [-0.3, -0.25) is 0 Å². The van der Waals surface area contributed by atoms with Gasteiger partial charge in [0.1, 0.15) is 0 Å². The third kappa shape index (κ3) is 3.48. The first-order valence-corrected chi connectivity index (χ1v) is 7.73. The lowest BCUT2D eigenvalue weighted by Crippen LogP contribution is -2.15. The third-order valence-corrected chi connectivity index (χ3v) is 4.08. The molecule has 0 radical (unpaired) electrons. The molecule has 1 N–H and O–H groups in total. The van der Waals surface area contributed by atoms with E-state index in [2.05, 4.69) is 11.4 Å². The molecule has 2 aromatic rings. The second kappa shape index (κ2) is 5.95. The molecular formula is C16H14Cl3N. The molecule has 3 rings (SSSR count). The number of hydrogen-bond donors (Lipinski definition) is 1. The van der Waals surface area contributed by atoms with Crippen LogP contribution in [0.2, 0.25) is 15.1 Å².